The zero-order chi connectivity index (χ0) is 12.2. The van der Waals surface area contributed by atoms with E-state index in [1.54, 1.807) is 6.92 Å². The van der Waals surface area contributed by atoms with Crippen LogP contribution in [-0.4, -0.2) is 35.9 Å². The number of ether oxygens (including phenoxy) is 1. The van der Waals surface area contributed by atoms with Gasteiger partial charge in [-0.2, -0.15) is 0 Å². The molecule has 1 fully saturated rings. The van der Waals surface area contributed by atoms with Gasteiger partial charge in [0.25, 0.3) is 0 Å². The van der Waals surface area contributed by atoms with Gasteiger partial charge in [-0.3, -0.25) is 4.79 Å². The maximum atomic E-state index is 11.6. The van der Waals surface area contributed by atoms with Crippen LogP contribution in [0, 0.1) is 5.92 Å². The number of nitrogens with one attached hydrogen (secondary N) is 1. The van der Waals surface area contributed by atoms with E-state index >= 15 is 0 Å². The molecule has 0 spiro atoms. The van der Waals surface area contributed by atoms with Crippen molar-refractivity contribution in [2.45, 2.75) is 51.7 Å². The number of rotatable bonds is 5. The number of carbonyl (C=O) groups excluding carboxylic acids is 1. The van der Waals surface area contributed by atoms with E-state index < -0.39 is 5.60 Å². The van der Waals surface area contributed by atoms with Crippen LogP contribution in [0.3, 0.4) is 0 Å². The second-order valence-corrected chi connectivity index (χ2v) is 5.31. The average molecular weight is 229 g/mol. The molecule has 16 heavy (non-hydrogen) atoms. The van der Waals surface area contributed by atoms with Gasteiger partial charge in [-0.05, 0) is 32.1 Å². The molecular weight excluding hydrogens is 206 g/mol. The summed E-state index contributed by atoms with van der Waals surface area (Å²) in [6.07, 6.45) is 2.10. The van der Waals surface area contributed by atoms with Gasteiger partial charge in [0.1, 0.15) is 6.10 Å². The van der Waals surface area contributed by atoms with Crippen molar-refractivity contribution >= 4 is 5.91 Å². The summed E-state index contributed by atoms with van der Waals surface area (Å²) in [5, 5.41) is 12.8. The maximum absolute atomic E-state index is 11.6. The molecule has 0 aromatic heterocycles. The molecule has 1 amide bonds. The van der Waals surface area contributed by atoms with Crippen LogP contribution in [0.5, 0.6) is 0 Å². The first-order chi connectivity index (χ1) is 7.41. The summed E-state index contributed by atoms with van der Waals surface area (Å²) in [5.74, 6) is 0.316. The van der Waals surface area contributed by atoms with Crippen molar-refractivity contribution in [2.75, 3.05) is 13.2 Å². The fourth-order valence-corrected chi connectivity index (χ4v) is 2.13. The zero-order valence-corrected chi connectivity index (χ0v) is 10.5. The number of aliphatic hydroxyl groups is 1. The Morgan fingerprint density at radius 1 is 1.62 bits per heavy atom. The molecule has 0 aliphatic carbocycles. The molecule has 1 aliphatic rings. The molecule has 0 aromatic carbocycles. The highest BCUT2D eigenvalue weighted by molar-refractivity contribution is 5.81. The minimum absolute atomic E-state index is 0.0958. The molecule has 0 bridgehead atoms. The molecule has 0 radical (unpaired) electrons. The van der Waals surface area contributed by atoms with Crippen LogP contribution in [0.2, 0.25) is 0 Å². The van der Waals surface area contributed by atoms with Crippen LogP contribution in [0.4, 0.5) is 0 Å². The van der Waals surface area contributed by atoms with Crippen LogP contribution in [0.15, 0.2) is 0 Å². The molecule has 4 nitrogen and oxygen atoms in total. The van der Waals surface area contributed by atoms with Crippen LogP contribution < -0.4 is 5.32 Å². The standard InChI is InChI=1S/C12H23NO3/c1-9(2)7-12(3,15)8-13-11(14)10-5-4-6-16-10/h9-10,15H,4-8H2,1-3H3,(H,13,14)/t10-,12?/m0/s1. The second-order valence-electron chi connectivity index (χ2n) is 5.31. The van der Waals surface area contributed by atoms with Crippen LogP contribution in [0.25, 0.3) is 0 Å². The first-order valence-electron chi connectivity index (χ1n) is 6.02. The topological polar surface area (TPSA) is 58.6 Å². The second kappa shape index (κ2) is 5.64. The van der Waals surface area contributed by atoms with Gasteiger partial charge in [0.05, 0.1) is 5.60 Å². The Hall–Kier alpha value is -0.610. The molecule has 94 valence electrons. The molecule has 2 N–H and O–H groups in total. The van der Waals surface area contributed by atoms with Crippen LogP contribution >= 0.6 is 0 Å². The molecule has 1 aliphatic heterocycles. The van der Waals surface area contributed by atoms with Gasteiger partial charge in [-0.1, -0.05) is 13.8 Å². The Labute approximate surface area is 97.4 Å². The van der Waals surface area contributed by atoms with Crippen LogP contribution in [-0.2, 0) is 9.53 Å². The van der Waals surface area contributed by atoms with Gasteiger partial charge < -0.3 is 15.2 Å². The molecule has 0 aromatic rings. The summed E-state index contributed by atoms with van der Waals surface area (Å²) in [7, 11) is 0. The van der Waals surface area contributed by atoms with Crippen molar-refractivity contribution in [1.82, 2.24) is 5.32 Å². The molecule has 1 rings (SSSR count). The monoisotopic (exact) mass is 229 g/mol. The van der Waals surface area contributed by atoms with Gasteiger partial charge in [0.2, 0.25) is 5.91 Å². The lowest BCUT2D eigenvalue weighted by atomic mass is 9.94. The van der Waals surface area contributed by atoms with Gasteiger partial charge in [0.15, 0.2) is 0 Å². The Morgan fingerprint density at radius 2 is 2.31 bits per heavy atom. The lowest BCUT2D eigenvalue weighted by Crippen LogP contribution is -2.44. The lowest BCUT2D eigenvalue weighted by molar-refractivity contribution is -0.131. The summed E-state index contributed by atoms with van der Waals surface area (Å²) in [4.78, 5) is 11.6. The summed E-state index contributed by atoms with van der Waals surface area (Å²) in [5.41, 5.74) is -0.831. The molecule has 1 unspecified atom stereocenters. The first-order valence-corrected chi connectivity index (χ1v) is 6.02. The summed E-state index contributed by atoms with van der Waals surface area (Å²) in [6.45, 7) is 6.82. The molecule has 1 saturated heterocycles. The van der Waals surface area contributed by atoms with E-state index in [0.29, 0.717) is 25.5 Å². The average Bonchev–Trinajstić information content (AvgIpc) is 2.64. The Morgan fingerprint density at radius 3 is 2.81 bits per heavy atom. The first kappa shape index (κ1) is 13.5. The van der Waals surface area contributed by atoms with E-state index in [1.165, 1.54) is 0 Å². The van der Waals surface area contributed by atoms with E-state index in [0.717, 1.165) is 12.8 Å². The van der Waals surface area contributed by atoms with Gasteiger partial charge in [-0.15, -0.1) is 0 Å². The molecule has 0 saturated carbocycles. The van der Waals surface area contributed by atoms with Gasteiger partial charge in [-0.25, -0.2) is 0 Å². The minimum Gasteiger partial charge on any atom is -0.388 e. The third kappa shape index (κ3) is 4.49. The fraction of sp³-hybridized carbons (Fsp3) is 0.917. The number of hydrogen-bond acceptors (Lipinski definition) is 3. The summed E-state index contributed by atoms with van der Waals surface area (Å²) < 4.78 is 5.27. The molecule has 4 heteroatoms. The predicted octanol–water partition coefficient (Wildman–Crippen LogP) is 1.08. The summed E-state index contributed by atoms with van der Waals surface area (Å²) in [6, 6.07) is 0. The van der Waals surface area contributed by atoms with Gasteiger partial charge in [0, 0.05) is 13.2 Å². The maximum Gasteiger partial charge on any atom is 0.249 e. The quantitative estimate of drug-likeness (QED) is 0.741. The van der Waals surface area contributed by atoms with E-state index in [1.807, 2.05) is 0 Å². The van der Waals surface area contributed by atoms with Crippen molar-refractivity contribution in [3.63, 3.8) is 0 Å². The predicted molar refractivity (Wildman–Crippen MR) is 62.1 cm³/mol. The Kier molecular flexibility index (Phi) is 4.74. The third-order valence-electron chi connectivity index (χ3n) is 2.71. The number of hydrogen-bond donors (Lipinski definition) is 2. The SMILES string of the molecule is CC(C)CC(C)(O)CNC(=O)[C@@H]1CCCO1. The zero-order valence-electron chi connectivity index (χ0n) is 10.5. The normalized spacial score (nSPS) is 24.4. The van der Waals surface area contributed by atoms with Gasteiger partial charge >= 0.3 is 0 Å². The summed E-state index contributed by atoms with van der Waals surface area (Å²) >= 11 is 0. The number of amides is 1. The van der Waals surface area contributed by atoms with E-state index in [4.69, 9.17) is 4.74 Å². The van der Waals surface area contributed by atoms with Crippen LogP contribution in [0.1, 0.15) is 40.0 Å². The van der Waals surface area contributed by atoms with Crippen molar-refractivity contribution in [1.29, 1.82) is 0 Å². The van der Waals surface area contributed by atoms with Crippen molar-refractivity contribution < 1.29 is 14.6 Å². The highest BCUT2D eigenvalue weighted by atomic mass is 16.5. The highest BCUT2D eigenvalue weighted by Crippen LogP contribution is 2.16. The minimum atomic E-state index is -0.831. The van der Waals surface area contributed by atoms with E-state index in [-0.39, 0.29) is 12.0 Å². The van der Waals surface area contributed by atoms with E-state index in [2.05, 4.69) is 19.2 Å². The van der Waals surface area contributed by atoms with Crippen molar-refractivity contribution in [3.8, 4) is 0 Å². The fourth-order valence-electron chi connectivity index (χ4n) is 2.13. The smallest absolute Gasteiger partial charge is 0.249 e. The highest BCUT2D eigenvalue weighted by Gasteiger charge is 2.27. The molecule has 2 atom stereocenters. The van der Waals surface area contributed by atoms with Crippen molar-refractivity contribution in [2.24, 2.45) is 5.92 Å². The Balaban J connectivity index is 2.29. The molecule has 1 heterocycles. The Bertz CT molecular complexity index is 232. The third-order valence-corrected chi connectivity index (χ3v) is 2.71. The largest absolute Gasteiger partial charge is 0.388 e. The van der Waals surface area contributed by atoms with Crippen molar-refractivity contribution in [3.05, 3.63) is 0 Å². The van der Waals surface area contributed by atoms with E-state index in [9.17, 15) is 9.90 Å². The number of carbonyl (C=O) groups is 1. The molecular formula is C12H23NO3. The lowest BCUT2D eigenvalue weighted by Gasteiger charge is -2.26.